The van der Waals surface area contributed by atoms with Gasteiger partial charge in [-0.2, -0.15) is 0 Å². The molecule has 3 aromatic rings. The molecule has 2 aromatic carbocycles. The van der Waals surface area contributed by atoms with Crippen molar-refractivity contribution in [3.05, 3.63) is 69.9 Å². The van der Waals surface area contributed by atoms with E-state index in [1.807, 2.05) is 29.2 Å². The van der Waals surface area contributed by atoms with Gasteiger partial charge in [0.1, 0.15) is 5.54 Å². The van der Waals surface area contributed by atoms with Crippen molar-refractivity contribution in [1.29, 1.82) is 0 Å². The Morgan fingerprint density at radius 2 is 2.04 bits per heavy atom. The normalized spacial score (nSPS) is 22.2. The van der Waals surface area contributed by atoms with E-state index in [9.17, 15) is 4.79 Å². The smallest absolute Gasteiger partial charge is 0.228 e. The van der Waals surface area contributed by atoms with Gasteiger partial charge in [0.15, 0.2) is 0 Å². The van der Waals surface area contributed by atoms with Gasteiger partial charge in [0, 0.05) is 28.2 Å². The van der Waals surface area contributed by atoms with Crippen LogP contribution in [0, 0.1) is 0 Å². The Bertz CT molecular complexity index is 1010. The van der Waals surface area contributed by atoms with Crippen LogP contribution in [0.3, 0.4) is 0 Å². The van der Waals surface area contributed by atoms with Gasteiger partial charge >= 0.3 is 0 Å². The third kappa shape index (κ3) is 1.65. The second-order valence-electron chi connectivity index (χ2n) is 6.87. The molecule has 2 aliphatic heterocycles. The number of nitrogens with zero attached hydrogens (tertiary/aromatic N) is 1. The minimum absolute atomic E-state index is 0.207. The molecule has 5 rings (SSSR count). The fourth-order valence-corrected chi connectivity index (χ4v) is 4.71. The van der Waals surface area contributed by atoms with Gasteiger partial charge in [0.2, 0.25) is 5.91 Å². The Kier molecular flexibility index (Phi) is 2.73. The van der Waals surface area contributed by atoms with E-state index in [0.29, 0.717) is 6.42 Å². The molecule has 1 aromatic heterocycles. The lowest BCUT2D eigenvalue weighted by Crippen LogP contribution is -2.55. The molecular formula is C20H17ClN2O. The maximum absolute atomic E-state index is 12.8. The quantitative estimate of drug-likeness (QED) is 0.661. The van der Waals surface area contributed by atoms with E-state index in [1.165, 1.54) is 16.5 Å². The highest BCUT2D eigenvalue weighted by Gasteiger charge is 2.48. The van der Waals surface area contributed by atoms with Crippen LogP contribution in [0.5, 0.6) is 0 Å². The summed E-state index contributed by atoms with van der Waals surface area (Å²) in [6.07, 6.45) is 1.35. The third-order valence-electron chi connectivity index (χ3n) is 5.66. The summed E-state index contributed by atoms with van der Waals surface area (Å²) in [4.78, 5) is 18.4. The third-order valence-corrected chi connectivity index (χ3v) is 5.90. The van der Waals surface area contributed by atoms with Crippen molar-refractivity contribution in [1.82, 2.24) is 9.88 Å². The molecule has 0 bridgehead atoms. The van der Waals surface area contributed by atoms with Gasteiger partial charge in [0.05, 0.1) is 6.42 Å². The van der Waals surface area contributed by atoms with Crippen LogP contribution in [0.4, 0.5) is 0 Å². The summed E-state index contributed by atoms with van der Waals surface area (Å²) in [6, 6.07) is 14.3. The number of fused-ring (bicyclic) bond motifs is 7. The summed E-state index contributed by atoms with van der Waals surface area (Å²) in [6.45, 7) is 2.91. The van der Waals surface area contributed by atoms with Crippen molar-refractivity contribution >= 4 is 28.4 Å². The zero-order valence-electron chi connectivity index (χ0n) is 13.4. The van der Waals surface area contributed by atoms with Crippen LogP contribution in [-0.2, 0) is 23.2 Å². The number of H-pyrrole nitrogens is 1. The minimum Gasteiger partial charge on any atom is -0.356 e. The van der Waals surface area contributed by atoms with E-state index in [0.717, 1.165) is 34.8 Å². The first kappa shape index (κ1) is 14.1. The Balaban J connectivity index is 1.86. The van der Waals surface area contributed by atoms with Gasteiger partial charge in [0.25, 0.3) is 0 Å². The molecule has 1 atom stereocenters. The Hall–Kier alpha value is -2.26. The largest absolute Gasteiger partial charge is 0.356 e. The highest BCUT2D eigenvalue weighted by molar-refractivity contribution is 6.31. The molecule has 1 N–H and O–H groups in total. The Labute approximate surface area is 145 Å². The zero-order valence-corrected chi connectivity index (χ0v) is 14.2. The Morgan fingerprint density at radius 1 is 1.21 bits per heavy atom. The minimum atomic E-state index is -0.439. The number of hydrogen-bond acceptors (Lipinski definition) is 1. The van der Waals surface area contributed by atoms with E-state index in [1.54, 1.807) is 0 Å². The number of aromatic amines is 1. The number of halogens is 1. The average Bonchev–Trinajstić information content (AvgIpc) is 2.94. The van der Waals surface area contributed by atoms with Gasteiger partial charge in [-0.3, -0.25) is 4.79 Å². The maximum Gasteiger partial charge on any atom is 0.228 e. The van der Waals surface area contributed by atoms with E-state index >= 15 is 0 Å². The standard InChI is InChI=1S/C20H17ClN2O/c1-20-16-5-3-2-4-12(16)10-18(24)23(20)9-8-14-15-11-13(21)6-7-17(15)22-19(14)20/h2-7,11,22H,8-10H2,1H3. The van der Waals surface area contributed by atoms with Crippen LogP contribution in [0.1, 0.15) is 29.3 Å². The van der Waals surface area contributed by atoms with E-state index in [2.05, 4.69) is 30.1 Å². The van der Waals surface area contributed by atoms with Gasteiger partial charge < -0.3 is 9.88 Å². The van der Waals surface area contributed by atoms with E-state index < -0.39 is 5.54 Å². The fraction of sp³-hybridized carbons (Fsp3) is 0.250. The number of carbonyl (C=O) groups is 1. The van der Waals surface area contributed by atoms with E-state index in [-0.39, 0.29) is 5.91 Å². The SMILES string of the molecule is CC12c3ccccc3CC(=O)N1CCc1c2[nH]c2ccc(Cl)cc12. The molecule has 0 fully saturated rings. The number of carbonyl (C=O) groups excluding carboxylic acids is 1. The van der Waals surface area contributed by atoms with E-state index in [4.69, 9.17) is 11.6 Å². The molecule has 0 aliphatic carbocycles. The summed E-state index contributed by atoms with van der Waals surface area (Å²) in [7, 11) is 0. The molecule has 0 saturated heterocycles. The number of rotatable bonds is 0. The zero-order chi connectivity index (χ0) is 16.5. The summed E-state index contributed by atoms with van der Waals surface area (Å²) in [5.74, 6) is 0.207. The average molecular weight is 337 g/mol. The van der Waals surface area contributed by atoms with Crippen LogP contribution in [-0.4, -0.2) is 22.3 Å². The van der Waals surface area contributed by atoms with Gasteiger partial charge in [-0.25, -0.2) is 0 Å². The molecule has 1 amide bonds. The number of hydrogen-bond donors (Lipinski definition) is 1. The predicted molar refractivity (Wildman–Crippen MR) is 95.3 cm³/mol. The molecular weight excluding hydrogens is 320 g/mol. The van der Waals surface area contributed by atoms with Crippen molar-refractivity contribution in [2.75, 3.05) is 6.54 Å². The van der Waals surface area contributed by atoms with Gasteiger partial charge in [-0.05, 0) is 48.2 Å². The van der Waals surface area contributed by atoms with Crippen molar-refractivity contribution in [3.8, 4) is 0 Å². The van der Waals surface area contributed by atoms with Crippen LogP contribution >= 0.6 is 11.6 Å². The number of benzene rings is 2. The van der Waals surface area contributed by atoms with Gasteiger partial charge in [-0.15, -0.1) is 0 Å². The van der Waals surface area contributed by atoms with Crippen molar-refractivity contribution in [3.63, 3.8) is 0 Å². The Morgan fingerprint density at radius 3 is 2.92 bits per heavy atom. The lowest BCUT2D eigenvalue weighted by atomic mass is 9.75. The van der Waals surface area contributed by atoms with Crippen molar-refractivity contribution in [2.45, 2.75) is 25.3 Å². The molecule has 3 heterocycles. The van der Waals surface area contributed by atoms with Crippen LogP contribution in [0.2, 0.25) is 5.02 Å². The topological polar surface area (TPSA) is 36.1 Å². The van der Waals surface area contributed by atoms with Crippen molar-refractivity contribution < 1.29 is 4.79 Å². The lowest BCUT2D eigenvalue weighted by Gasteiger charge is -2.48. The molecule has 2 aliphatic rings. The second-order valence-corrected chi connectivity index (χ2v) is 7.31. The molecule has 24 heavy (non-hydrogen) atoms. The molecule has 0 spiro atoms. The highest BCUT2D eigenvalue weighted by Crippen LogP contribution is 2.46. The first-order valence-corrected chi connectivity index (χ1v) is 8.66. The molecule has 4 heteroatoms. The molecule has 120 valence electrons. The van der Waals surface area contributed by atoms with Crippen molar-refractivity contribution in [2.24, 2.45) is 0 Å². The second kappa shape index (κ2) is 4.64. The maximum atomic E-state index is 12.8. The number of amides is 1. The van der Waals surface area contributed by atoms with Gasteiger partial charge in [-0.1, -0.05) is 35.9 Å². The first-order chi connectivity index (χ1) is 11.6. The first-order valence-electron chi connectivity index (χ1n) is 8.28. The molecule has 3 nitrogen and oxygen atoms in total. The number of nitrogens with one attached hydrogen (secondary N) is 1. The summed E-state index contributed by atoms with van der Waals surface area (Å²) in [5.41, 5.74) is 5.42. The fourth-order valence-electron chi connectivity index (χ4n) is 4.54. The summed E-state index contributed by atoms with van der Waals surface area (Å²) in [5, 5.41) is 1.92. The molecule has 0 radical (unpaired) electrons. The summed E-state index contributed by atoms with van der Waals surface area (Å²) < 4.78 is 0. The predicted octanol–water partition coefficient (Wildman–Crippen LogP) is 4.03. The van der Waals surface area contributed by atoms with Crippen LogP contribution in [0.15, 0.2) is 42.5 Å². The van der Waals surface area contributed by atoms with Crippen LogP contribution < -0.4 is 0 Å². The highest BCUT2D eigenvalue weighted by atomic mass is 35.5. The summed E-state index contributed by atoms with van der Waals surface area (Å²) >= 11 is 6.22. The number of aromatic nitrogens is 1. The van der Waals surface area contributed by atoms with Crippen LogP contribution in [0.25, 0.3) is 10.9 Å². The lowest BCUT2D eigenvalue weighted by molar-refractivity contribution is -0.137. The molecule has 1 unspecified atom stereocenters. The molecule has 0 saturated carbocycles. The monoisotopic (exact) mass is 336 g/mol.